The molecule has 0 unspecified atom stereocenters. The highest BCUT2D eigenvalue weighted by Crippen LogP contribution is 2.37. The van der Waals surface area contributed by atoms with Crippen LogP contribution in [0, 0.1) is 6.92 Å². The van der Waals surface area contributed by atoms with Gasteiger partial charge in [-0.2, -0.15) is 5.11 Å². The molecule has 0 saturated carbocycles. The predicted molar refractivity (Wildman–Crippen MR) is 89.4 cm³/mol. The fourth-order valence-corrected chi connectivity index (χ4v) is 2.42. The zero-order valence-corrected chi connectivity index (χ0v) is 13.0. The van der Waals surface area contributed by atoms with Crippen LogP contribution in [0.15, 0.2) is 52.7 Å². The molecule has 0 saturated heterocycles. The van der Waals surface area contributed by atoms with Gasteiger partial charge in [-0.25, -0.2) is 0 Å². The number of aromatic hydroxyl groups is 1. The second kappa shape index (κ2) is 5.64. The van der Waals surface area contributed by atoms with Crippen LogP contribution in [0.5, 0.6) is 5.88 Å². The highest BCUT2D eigenvalue weighted by Gasteiger charge is 2.12. The monoisotopic (exact) mass is 293 g/mol. The summed E-state index contributed by atoms with van der Waals surface area (Å²) in [5, 5.41) is 19.5. The third-order valence-corrected chi connectivity index (χ3v) is 3.82. The SMILES string of the molecule is Cc1ccccc1N=Nc1c(O)[nH]c2ccc(C(C)C)cc12. The van der Waals surface area contributed by atoms with Crippen molar-refractivity contribution in [3.05, 3.63) is 53.6 Å². The molecule has 1 heterocycles. The first-order valence-electron chi connectivity index (χ1n) is 7.38. The highest BCUT2D eigenvalue weighted by molar-refractivity contribution is 5.94. The summed E-state index contributed by atoms with van der Waals surface area (Å²) in [6.07, 6.45) is 0. The van der Waals surface area contributed by atoms with E-state index in [0.717, 1.165) is 22.2 Å². The first kappa shape index (κ1) is 14.3. The van der Waals surface area contributed by atoms with Crippen molar-refractivity contribution in [3.63, 3.8) is 0 Å². The van der Waals surface area contributed by atoms with E-state index in [9.17, 15) is 5.11 Å². The van der Waals surface area contributed by atoms with Crippen LogP contribution in [-0.2, 0) is 0 Å². The number of aryl methyl sites for hydroxylation is 1. The van der Waals surface area contributed by atoms with Gasteiger partial charge >= 0.3 is 0 Å². The number of hydrogen-bond acceptors (Lipinski definition) is 3. The lowest BCUT2D eigenvalue weighted by molar-refractivity contribution is 0.459. The van der Waals surface area contributed by atoms with Crippen molar-refractivity contribution in [2.75, 3.05) is 0 Å². The maximum Gasteiger partial charge on any atom is 0.218 e. The molecular formula is C18H19N3O. The summed E-state index contributed by atoms with van der Waals surface area (Å²) in [4.78, 5) is 2.95. The number of aromatic nitrogens is 1. The number of H-pyrrole nitrogens is 1. The molecule has 0 aliphatic heterocycles. The van der Waals surface area contributed by atoms with E-state index in [0.29, 0.717) is 11.6 Å². The summed E-state index contributed by atoms with van der Waals surface area (Å²) in [6, 6.07) is 13.9. The van der Waals surface area contributed by atoms with Gasteiger partial charge in [0, 0.05) is 5.39 Å². The largest absolute Gasteiger partial charge is 0.493 e. The van der Waals surface area contributed by atoms with E-state index in [4.69, 9.17) is 0 Å². The fourth-order valence-electron chi connectivity index (χ4n) is 2.42. The van der Waals surface area contributed by atoms with E-state index in [1.165, 1.54) is 5.56 Å². The Morgan fingerprint density at radius 1 is 1.05 bits per heavy atom. The summed E-state index contributed by atoms with van der Waals surface area (Å²) < 4.78 is 0. The van der Waals surface area contributed by atoms with Gasteiger partial charge in [-0.05, 0) is 42.2 Å². The van der Waals surface area contributed by atoms with Gasteiger partial charge in [0.1, 0.15) is 0 Å². The summed E-state index contributed by atoms with van der Waals surface area (Å²) in [6.45, 7) is 6.27. The molecule has 0 spiro atoms. The van der Waals surface area contributed by atoms with Crippen molar-refractivity contribution < 1.29 is 5.11 Å². The highest BCUT2D eigenvalue weighted by atomic mass is 16.3. The number of aromatic amines is 1. The normalized spacial score (nSPS) is 11.8. The van der Waals surface area contributed by atoms with E-state index in [2.05, 4.69) is 41.2 Å². The van der Waals surface area contributed by atoms with Crippen LogP contribution in [0.2, 0.25) is 0 Å². The topological polar surface area (TPSA) is 60.7 Å². The molecule has 2 N–H and O–H groups in total. The van der Waals surface area contributed by atoms with Gasteiger partial charge in [-0.1, -0.05) is 38.1 Å². The molecular weight excluding hydrogens is 274 g/mol. The van der Waals surface area contributed by atoms with Gasteiger partial charge in [-0.15, -0.1) is 5.11 Å². The van der Waals surface area contributed by atoms with E-state index in [1.807, 2.05) is 37.3 Å². The van der Waals surface area contributed by atoms with Crippen molar-refractivity contribution in [1.82, 2.24) is 4.98 Å². The summed E-state index contributed by atoms with van der Waals surface area (Å²) >= 11 is 0. The van der Waals surface area contributed by atoms with E-state index >= 15 is 0 Å². The van der Waals surface area contributed by atoms with E-state index in [-0.39, 0.29) is 5.88 Å². The summed E-state index contributed by atoms with van der Waals surface area (Å²) in [7, 11) is 0. The van der Waals surface area contributed by atoms with Crippen LogP contribution in [0.3, 0.4) is 0 Å². The summed E-state index contributed by atoms with van der Waals surface area (Å²) in [5.41, 5.74) is 4.41. The molecule has 2 aromatic carbocycles. The Hall–Kier alpha value is -2.62. The van der Waals surface area contributed by atoms with Gasteiger partial charge in [0.15, 0.2) is 5.69 Å². The van der Waals surface area contributed by atoms with E-state index < -0.39 is 0 Å². The fraction of sp³-hybridized carbons (Fsp3) is 0.222. The van der Waals surface area contributed by atoms with Crippen LogP contribution in [0.4, 0.5) is 11.4 Å². The Morgan fingerprint density at radius 2 is 1.82 bits per heavy atom. The molecule has 4 nitrogen and oxygen atoms in total. The Balaban J connectivity index is 2.08. The smallest absolute Gasteiger partial charge is 0.218 e. The minimum atomic E-state index is 0.0493. The Bertz CT molecular complexity index is 847. The zero-order chi connectivity index (χ0) is 15.7. The number of nitrogens with zero attached hydrogens (tertiary/aromatic N) is 2. The van der Waals surface area contributed by atoms with Crippen molar-refractivity contribution in [3.8, 4) is 5.88 Å². The Morgan fingerprint density at radius 3 is 2.55 bits per heavy atom. The number of azo groups is 1. The molecule has 0 radical (unpaired) electrons. The molecule has 0 aliphatic rings. The van der Waals surface area contributed by atoms with Gasteiger partial charge in [-0.3, -0.25) is 0 Å². The number of nitrogens with one attached hydrogen (secondary N) is 1. The maximum atomic E-state index is 10.1. The van der Waals surface area contributed by atoms with Gasteiger partial charge in [0.25, 0.3) is 0 Å². The zero-order valence-electron chi connectivity index (χ0n) is 13.0. The average Bonchev–Trinajstić information content (AvgIpc) is 2.81. The quantitative estimate of drug-likeness (QED) is 0.596. The van der Waals surface area contributed by atoms with Crippen LogP contribution in [-0.4, -0.2) is 10.1 Å². The van der Waals surface area contributed by atoms with E-state index in [1.54, 1.807) is 0 Å². The first-order chi connectivity index (χ1) is 10.6. The molecule has 0 fully saturated rings. The standard InChI is InChI=1S/C18H19N3O/c1-11(2)13-8-9-16-14(10-13)17(18(22)19-16)21-20-15-7-5-4-6-12(15)3/h4-11,19,22H,1-3H3. The van der Waals surface area contributed by atoms with Crippen molar-refractivity contribution in [2.24, 2.45) is 10.2 Å². The molecule has 0 atom stereocenters. The second-order valence-electron chi connectivity index (χ2n) is 5.77. The molecule has 22 heavy (non-hydrogen) atoms. The minimum Gasteiger partial charge on any atom is -0.493 e. The first-order valence-corrected chi connectivity index (χ1v) is 7.38. The molecule has 0 aliphatic carbocycles. The van der Waals surface area contributed by atoms with Crippen LogP contribution in [0.25, 0.3) is 10.9 Å². The molecule has 4 heteroatoms. The molecule has 112 valence electrons. The second-order valence-corrected chi connectivity index (χ2v) is 5.77. The van der Waals surface area contributed by atoms with Crippen LogP contribution < -0.4 is 0 Å². The van der Waals surface area contributed by atoms with Crippen molar-refractivity contribution in [1.29, 1.82) is 0 Å². The van der Waals surface area contributed by atoms with Crippen molar-refractivity contribution >= 4 is 22.3 Å². The lowest BCUT2D eigenvalue weighted by atomic mass is 10.0. The van der Waals surface area contributed by atoms with Gasteiger partial charge in [0.2, 0.25) is 5.88 Å². The van der Waals surface area contributed by atoms with Gasteiger partial charge < -0.3 is 10.1 Å². The number of hydrogen-bond donors (Lipinski definition) is 2. The molecule has 0 amide bonds. The molecule has 0 bridgehead atoms. The lowest BCUT2D eigenvalue weighted by Crippen LogP contribution is -1.85. The summed E-state index contributed by atoms with van der Waals surface area (Å²) in [5.74, 6) is 0.468. The van der Waals surface area contributed by atoms with Crippen molar-refractivity contribution in [2.45, 2.75) is 26.7 Å². The molecule has 3 aromatic rings. The maximum absolute atomic E-state index is 10.1. The number of rotatable bonds is 3. The van der Waals surface area contributed by atoms with Crippen LogP contribution >= 0.6 is 0 Å². The Kier molecular flexibility index (Phi) is 3.67. The predicted octanol–water partition coefficient (Wildman–Crippen LogP) is 5.72. The lowest BCUT2D eigenvalue weighted by Gasteiger charge is -2.04. The third kappa shape index (κ3) is 2.60. The molecule has 3 rings (SSSR count). The Labute approximate surface area is 129 Å². The minimum absolute atomic E-state index is 0.0493. The number of fused-ring (bicyclic) bond motifs is 1. The van der Waals surface area contributed by atoms with Gasteiger partial charge in [0.05, 0.1) is 11.2 Å². The average molecular weight is 293 g/mol. The molecule has 1 aromatic heterocycles. The number of benzene rings is 2. The van der Waals surface area contributed by atoms with Crippen LogP contribution in [0.1, 0.15) is 30.9 Å². The third-order valence-electron chi connectivity index (χ3n) is 3.82.